The smallest absolute Gasteiger partial charge is 0.242 e. The van der Waals surface area contributed by atoms with Crippen molar-refractivity contribution >= 4 is 10.0 Å². The van der Waals surface area contributed by atoms with Crippen LogP contribution in [0, 0.1) is 5.92 Å². The number of aromatic amines is 1. The van der Waals surface area contributed by atoms with Gasteiger partial charge in [-0.2, -0.15) is 0 Å². The largest absolute Gasteiger partial charge is 0.384 e. The van der Waals surface area contributed by atoms with Crippen molar-refractivity contribution in [2.75, 3.05) is 27.3 Å². The standard InChI is InChI=1S/C11H21N3O3S/c1-9(8-17-3)5-14-18(15,16)11-4-10(6-12-2)13-7-11/h4,7,9,12-14H,5-6,8H2,1-3H3. The molecule has 1 aromatic rings. The first-order valence-electron chi connectivity index (χ1n) is 5.80. The Balaban J connectivity index is 2.62. The molecule has 3 N–H and O–H groups in total. The lowest BCUT2D eigenvalue weighted by atomic mass is 10.2. The van der Waals surface area contributed by atoms with E-state index in [0.29, 0.717) is 19.7 Å². The van der Waals surface area contributed by atoms with E-state index in [4.69, 9.17) is 4.74 Å². The van der Waals surface area contributed by atoms with Gasteiger partial charge in [-0.05, 0) is 19.0 Å². The molecule has 0 saturated carbocycles. The first kappa shape index (κ1) is 15.2. The first-order chi connectivity index (χ1) is 8.49. The van der Waals surface area contributed by atoms with E-state index in [-0.39, 0.29) is 10.8 Å². The molecule has 0 fully saturated rings. The predicted octanol–water partition coefficient (Wildman–Crippen LogP) is 0.295. The van der Waals surface area contributed by atoms with Crippen molar-refractivity contribution in [3.05, 3.63) is 18.0 Å². The number of H-pyrrole nitrogens is 1. The van der Waals surface area contributed by atoms with E-state index in [9.17, 15) is 8.42 Å². The first-order valence-corrected chi connectivity index (χ1v) is 7.28. The zero-order chi connectivity index (χ0) is 13.6. The number of nitrogens with one attached hydrogen (secondary N) is 3. The molecule has 1 rings (SSSR count). The number of ether oxygens (including phenoxy) is 1. The monoisotopic (exact) mass is 275 g/mol. The van der Waals surface area contributed by atoms with Gasteiger partial charge in [0.1, 0.15) is 0 Å². The summed E-state index contributed by atoms with van der Waals surface area (Å²) in [7, 11) is -0.0321. The van der Waals surface area contributed by atoms with Crippen molar-refractivity contribution in [2.24, 2.45) is 5.92 Å². The molecule has 1 aromatic heterocycles. The molecular formula is C11H21N3O3S. The average molecular weight is 275 g/mol. The summed E-state index contributed by atoms with van der Waals surface area (Å²) in [5.41, 5.74) is 0.836. The van der Waals surface area contributed by atoms with Gasteiger partial charge in [-0.3, -0.25) is 0 Å². The Kier molecular flexibility index (Phi) is 5.80. The molecule has 1 heterocycles. The molecule has 0 aromatic carbocycles. The highest BCUT2D eigenvalue weighted by Crippen LogP contribution is 2.10. The fraction of sp³-hybridized carbons (Fsp3) is 0.636. The molecule has 1 atom stereocenters. The lowest BCUT2D eigenvalue weighted by molar-refractivity contribution is 0.161. The zero-order valence-corrected chi connectivity index (χ0v) is 11.8. The van der Waals surface area contributed by atoms with E-state index < -0.39 is 10.0 Å². The van der Waals surface area contributed by atoms with Crippen LogP contribution >= 0.6 is 0 Å². The second-order valence-corrected chi connectivity index (χ2v) is 6.07. The summed E-state index contributed by atoms with van der Waals surface area (Å²) in [4.78, 5) is 3.18. The molecule has 0 aliphatic carbocycles. The third-order valence-corrected chi connectivity index (χ3v) is 3.87. The van der Waals surface area contributed by atoms with Crippen LogP contribution in [0.4, 0.5) is 0 Å². The van der Waals surface area contributed by atoms with Gasteiger partial charge < -0.3 is 15.0 Å². The Bertz CT molecular complexity index is 456. The summed E-state index contributed by atoms with van der Waals surface area (Å²) in [6, 6.07) is 1.62. The van der Waals surface area contributed by atoms with Crippen LogP contribution in [0.1, 0.15) is 12.6 Å². The van der Waals surface area contributed by atoms with Crippen LogP contribution in [0.15, 0.2) is 17.2 Å². The highest BCUT2D eigenvalue weighted by atomic mass is 32.2. The Hall–Kier alpha value is -0.890. The lowest BCUT2D eigenvalue weighted by Crippen LogP contribution is -2.29. The van der Waals surface area contributed by atoms with Crippen molar-refractivity contribution in [1.82, 2.24) is 15.0 Å². The van der Waals surface area contributed by atoms with Crippen LogP contribution in [0.5, 0.6) is 0 Å². The van der Waals surface area contributed by atoms with E-state index in [0.717, 1.165) is 5.69 Å². The average Bonchev–Trinajstić information content (AvgIpc) is 2.77. The second-order valence-electron chi connectivity index (χ2n) is 4.30. The minimum atomic E-state index is -3.44. The van der Waals surface area contributed by atoms with Crippen molar-refractivity contribution in [1.29, 1.82) is 0 Å². The number of methoxy groups -OCH3 is 1. The maximum atomic E-state index is 12.0. The Morgan fingerprint density at radius 1 is 1.50 bits per heavy atom. The third-order valence-electron chi connectivity index (χ3n) is 2.47. The van der Waals surface area contributed by atoms with Gasteiger partial charge >= 0.3 is 0 Å². The topological polar surface area (TPSA) is 83.2 Å². The molecule has 7 heteroatoms. The summed E-state index contributed by atoms with van der Waals surface area (Å²) in [6.45, 7) is 3.43. The molecule has 0 spiro atoms. The highest BCUT2D eigenvalue weighted by Gasteiger charge is 2.16. The highest BCUT2D eigenvalue weighted by molar-refractivity contribution is 7.89. The third kappa shape index (κ3) is 4.41. The van der Waals surface area contributed by atoms with E-state index in [1.807, 2.05) is 6.92 Å². The summed E-state index contributed by atoms with van der Waals surface area (Å²) in [6.07, 6.45) is 1.50. The number of aromatic nitrogens is 1. The van der Waals surface area contributed by atoms with Crippen LogP contribution in [0.3, 0.4) is 0 Å². The van der Waals surface area contributed by atoms with E-state index in [1.54, 1.807) is 20.2 Å². The van der Waals surface area contributed by atoms with E-state index in [1.165, 1.54) is 6.20 Å². The number of sulfonamides is 1. The van der Waals surface area contributed by atoms with Crippen molar-refractivity contribution in [3.63, 3.8) is 0 Å². The Morgan fingerprint density at radius 2 is 2.22 bits per heavy atom. The summed E-state index contributed by atoms with van der Waals surface area (Å²) in [5.74, 6) is 0.139. The maximum Gasteiger partial charge on any atom is 0.242 e. The molecule has 0 radical (unpaired) electrons. The minimum Gasteiger partial charge on any atom is -0.384 e. The lowest BCUT2D eigenvalue weighted by Gasteiger charge is -2.11. The minimum absolute atomic E-state index is 0.139. The van der Waals surface area contributed by atoms with Crippen molar-refractivity contribution < 1.29 is 13.2 Å². The second kappa shape index (κ2) is 6.89. The van der Waals surface area contributed by atoms with Gasteiger partial charge in [0.25, 0.3) is 0 Å². The normalized spacial score (nSPS) is 13.7. The van der Waals surface area contributed by atoms with Crippen LogP contribution < -0.4 is 10.0 Å². The molecule has 0 aliphatic heterocycles. The van der Waals surface area contributed by atoms with Crippen LogP contribution in [0.25, 0.3) is 0 Å². The molecule has 0 aliphatic rings. The van der Waals surface area contributed by atoms with Gasteiger partial charge in [-0.15, -0.1) is 0 Å². The van der Waals surface area contributed by atoms with Gasteiger partial charge in [0.15, 0.2) is 0 Å². The molecule has 0 saturated heterocycles. The molecular weight excluding hydrogens is 254 g/mol. The van der Waals surface area contributed by atoms with Crippen molar-refractivity contribution in [3.8, 4) is 0 Å². The summed E-state index contributed by atoms with van der Waals surface area (Å²) >= 11 is 0. The van der Waals surface area contributed by atoms with Gasteiger partial charge in [-0.1, -0.05) is 6.92 Å². The summed E-state index contributed by atoms with van der Waals surface area (Å²) in [5, 5.41) is 2.95. The molecule has 104 valence electrons. The van der Waals surface area contributed by atoms with E-state index >= 15 is 0 Å². The fourth-order valence-corrected chi connectivity index (χ4v) is 2.73. The number of rotatable bonds is 8. The molecule has 1 unspecified atom stereocenters. The molecule has 6 nitrogen and oxygen atoms in total. The van der Waals surface area contributed by atoms with E-state index in [2.05, 4.69) is 15.0 Å². The molecule has 18 heavy (non-hydrogen) atoms. The fourth-order valence-electron chi connectivity index (χ4n) is 1.55. The Morgan fingerprint density at radius 3 is 2.83 bits per heavy atom. The quantitative estimate of drug-likeness (QED) is 0.637. The van der Waals surface area contributed by atoms with Crippen LogP contribution in [-0.4, -0.2) is 40.7 Å². The number of hydrogen-bond donors (Lipinski definition) is 3. The molecule has 0 amide bonds. The van der Waals surface area contributed by atoms with Gasteiger partial charge in [-0.25, -0.2) is 13.1 Å². The van der Waals surface area contributed by atoms with Crippen LogP contribution in [0.2, 0.25) is 0 Å². The van der Waals surface area contributed by atoms with Crippen molar-refractivity contribution in [2.45, 2.75) is 18.4 Å². The number of hydrogen-bond acceptors (Lipinski definition) is 4. The van der Waals surface area contributed by atoms with Gasteiger partial charge in [0.2, 0.25) is 10.0 Å². The zero-order valence-electron chi connectivity index (χ0n) is 11.0. The van der Waals surface area contributed by atoms with Gasteiger partial charge in [0, 0.05) is 38.7 Å². The summed E-state index contributed by atoms with van der Waals surface area (Å²) < 4.78 is 31.5. The SMILES string of the molecule is CNCc1cc(S(=O)(=O)NCC(C)COC)c[nH]1. The predicted molar refractivity (Wildman–Crippen MR) is 69.8 cm³/mol. The maximum absolute atomic E-state index is 12.0. The van der Waals surface area contributed by atoms with Gasteiger partial charge in [0.05, 0.1) is 4.90 Å². The molecule has 0 bridgehead atoms. The Labute approximate surface area is 108 Å². The van der Waals surface area contributed by atoms with Crippen LogP contribution in [-0.2, 0) is 21.3 Å².